The largest absolute Gasteiger partial charge is 0.497 e. The van der Waals surface area contributed by atoms with Gasteiger partial charge in [-0.1, -0.05) is 42.5 Å². The highest BCUT2D eigenvalue weighted by atomic mass is 32.2. The van der Waals surface area contributed by atoms with Gasteiger partial charge < -0.3 is 9.47 Å². The van der Waals surface area contributed by atoms with E-state index < -0.39 is 10.0 Å². The molecule has 0 aliphatic rings. The molecule has 0 radical (unpaired) electrons. The molecule has 3 aromatic rings. The fraction of sp³-hybridized carbons (Fsp3) is 0.143. The van der Waals surface area contributed by atoms with Gasteiger partial charge in [0.15, 0.2) is 0 Å². The normalized spacial score (nSPS) is 11.1. The first kappa shape index (κ1) is 20.1. The standard InChI is InChI=1S/C21H21NO4S2/c1-25-17-12-13-19(26-2)21(14-17)28(23,24)22-18-10-6-7-11-20(18)27-15-16-8-4-3-5-9-16/h3-14,22H,15H2,1-2H3. The summed E-state index contributed by atoms with van der Waals surface area (Å²) in [4.78, 5) is 0.869. The van der Waals surface area contributed by atoms with Gasteiger partial charge in [-0.2, -0.15) is 0 Å². The number of hydrogen-bond acceptors (Lipinski definition) is 5. The molecule has 1 N–H and O–H groups in total. The van der Waals surface area contributed by atoms with Crippen LogP contribution in [0.4, 0.5) is 5.69 Å². The molecule has 3 rings (SSSR count). The fourth-order valence-electron chi connectivity index (χ4n) is 2.61. The maximum atomic E-state index is 13.0. The van der Waals surface area contributed by atoms with Crippen LogP contribution < -0.4 is 14.2 Å². The van der Waals surface area contributed by atoms with Gasteiger partial charge in [0.1, 0.15) is 16.4 Å². The van der Waals surface area contributed by atoms with E-state index in [9.17, 15) is 8.42 Å². The van der Waals surface area contributed by atoms with Gasteiger partial charge in [0, 0.05) is 16.7 Å². The molecule has 0 aliphatic heterocycles. The van der Waals surface area contributed by atoms with Gasteiger partial charge in [0.25, 0.3) is 10.0 Å². The number of hydrogen-bond donors (Lipinski definition) is 1. The van der Waals surface area contributed by atoms with E-state index in [2.05, 4.69) is 4.72 Å². The van der Waals surface area contributed by atoms with Crippen LogP contribution in [0.25, 0.3) is 0 Å². The van der Waals surface area contributed by atoms with Crippen molar-refractivity contribution in [1.82, 2.24) is 0 Å². The van der Waals surface area contributed by atoms with Crippen molar-refractivity contribution in [3.63, 3.8) is 0 Å². The predicted molar refractivity (Wildman–Crippen MR) is 113 cm³/mol. The molecule has 0 aliphatic carbocycles. The maximum absolute atomic E-state index is 13.0. The second-order valence-electron chi connectivity index (χ2n) is 5.89. The number of ether oxygens (including phenoxy) is 2. The molecule has 0 aromatic heterocycles. The molecule has 0 amide bonds. The van der Waals surface area contributed by atoms with Crippen LogP contribution in [0.1, 0.15) is 5.56 Å². The molecule has 0 spiro atoms. The average Bonchev–Trinajstić information content (AvgIpc) is 2.73. The number of thioether (sulfide) groups is 1. The lowest BCUT2D eigenvalue weighted by Gasteiger charge is -2.15. The Morgan fingerprint density at radius 3 is 2.32 bits per heavy atom. The van der Waals surface area contributed by atoms with Crippen LogP contribution >= 0.6 is 11.8 Å². The molecule has 0 saturated heterocycles. The smallest absolute Gasteiger partial charge is 0.265 e. The quantitative estimate of drug-likeness (QED) is 0.536. The fourth-order valence-corrected chi connectivity index (χ4v) is 4.90. The molecular weight excluding hydrogens is 394 g/mol. The Morgan fingerprint density at radius 1 is 0.893 bits per heavy atom. The minimum atomic E-state index is -3.86. The lowest BCUT2D eigenvalue weighted by atomic mass is 10.2. The zero-order valence-electron chi connectivity index (χ0n) is 15.6. The number of sulfonamides is 1. The highest BCUT2D eigenvalue weighted by molar-refractivity contribution is 7.98. The van der Waals surface area contributed by atoms with Crippen LogP contribution in [0.5, 0.6) is 11.5 Å². The van der Waals surface area contributed by atoms with E-state index in [1.165, 1.54) is 25.8 Å². The third-order valence-corrected chi connectivity index (χ3v) is 6.56. The molecule has 0 fully saturated rings. The van der Waals surface area contributed by atoms with E-state index in [0.717, 1.165) is 10.6 Å². The van der Waals surface area contributed by atoms with E-state index >= 15 is 0 Å². The number of benzene rings is 3. The number of para-hydroxylation sites is 1. The summed E-state index contributed by atoms with van der Waals surface area (Å²) < 4.78 is 39.1. The Bertz CT molecular complexity index is 1040. The SMILES string of the molecule is COc1ccc(OC)c(S(=O)(=O)Nc2ccccc2SCc2ccccc2)c1. The molecule has 7 heteroatoms. The maximum Gasteiger partial charge on any atom is 0.265 e. The monoisotopic (exact) mass is 415 g/mol. The first-order valence-electron chi connectivity index (χ1n) is 8.54. The summed E-state index contributed by atoms with van der Waals surface area (Å²) in [6.07, 6.45) is 0. The lowest BCUT2D eigenvalue weighted by Crippen LogP contribution is -2.14. The molecule has 0 atom stereocenters. The van der Waals surface area contributed by atoms with Crippen LogP contribution in [0.2, 0.25) is 0 Å². The molecule has 0 heterocycles. The van der Waals surface area contributed by atoms with Crippen molar-refractivity contribution in [3.8, 4) is 11.5 Å². The molecule has 146 valence electrons. The third-order valence-electron chi connectivity index (χ3n) is 4.03. The minimum absolute atomic E-state index is 0.0252. The Balaban J connectivity index is 1.87. The summed E-state index contributed by atoms with van der Waals surface area (Å²) >= 11 is 1.57. The zero-order valence-corrected chi connectivity index (χ0v) is 17.2. The highest BCUT2D eigenvalue weighted by Crippen LogP contribution is 2.34. The van der Waals surface area contributed by atoms with Crippen LogP contribution in [-0.2, 0) is 15.8 Å². The van der Waals surface area contributed by atoms with Gasteiger partial charge in [-0.3, -0.25) is 4.72 Å². The third kappa shape index (κ3) is 4.79. The van der Waals surface area contributed by atoms with Crippen molar-refractivity contribution in [2.24, 2.45) is 0 Å². The molecule has 3 aromatic carbocycles. The molecule has 28 heavy (non-hydrogen) atoms. The van der Waals surface area contributed by atoms with E-state index in [0.29, 0.717) is 11.4 Å². The first-order chi connectivity index (χ1) is 13.5. The van der Waals surface area contributed by atoms with Crippen molar-refractivity contribution >= 4 is 27.5 Å². The topological polar surface area (TPSA) is 64.6 Å². The van der Waals surface area contributed by atoms with E-state index in [4.69, 9.17) is 9.47 Å². The van der Waals surface area contributed by atoms with Crippen molar-refractivity contribution < 1.29 is 17.9 Å². The number of methoxy groups -OCH3 is 2. The lowest BCUT2D eigenvalue weighted by molar-refractivity contribution is 0.392. The Kier molecular flexibility index (Phi) is 6.49. The first-order valence-corrected chi connectivity index (χ1v) is 11.0. The van der Waals surface area contributed by atoms with Crippen molar-refractivity contribution in [2.45, 2.75) is 15.5 Å². The minimum Gasteiger partial charge on any atom is -0.497 e. The van der Waals surface area contributed by atoms with Gasteiger partial charge >= 0.3 is 0 Å². The summed E-state index contributed by atoms with van der Waals surface area (Å²) in [5.74, 6) is 1.43. The second-order valence-corrected chi connectivity index (χ2v) is 8.56. The number of anilines is 1. The van der Waals surface area contributed by atoms with Gasteiger partial charge in [0.2, 0.25) is 0 Å². The number of rotatable bonds is 8. The average molecular weight is 416 g/mol. The molecule has 0 bridgehead atoms. The Morgan fingerprint density at radius 2 is 1.61 bits per heavy atom. The van der Waals surface area contributed by atoms with Crippen LogP contribution in [0, 0.1) is 0 Å². The Hall–Kier alpha value is -2.64. The van der Waals surface area contributed by atoms with Crippen molar-refractivity contribution in [3.05, 3.63) is 78.4 Å². The van der Waals surface area contributed by atoms with Crippen molar-refractivity contribution in [1.29, 1.82) is 0 Å². The predicted octanol–water partition coefficient (Wildman–Crippen LogP) is 4.80. The second kappa shape index (κ2) is 9.03. The van der Waals surface area contributed by atoms with Gasteiger partial charge in [-0.15, -0.1) is 11.8 Å². The highest BCUT2D eigenvalue weighted by Gasteiger charge is 2.22. The summed E-state index contributed by atoms with van der Waals surface area (Å²) in [5, 5.41) is 0. The van der Waals surface area contributed by atoms with Crippen LogP contribution in [-0.4, -0.2) is 22.6 Å². The molecular formula is C21H21NO4S2. The summed E-state index contributed by atoms with van der Waals surface area (Å²) in [6.45, 7) is 0. The van der Waals surface area contributed by atoms with Gasteiger partial charge in [-0.25, -0.2) is 8.42 Å². The van der Waals surface area contributed by atoms with E-state index in [-0.39, 0.29) is 10.6 Å². The molecule has 0 unspecified atom stereocenters. The van der Waals surface area contributed by atoms with Crippen LogP contribution in [0.3, 0.4) is 0 Å². The molecule has 5 nitrogen and oxygen atoms in total. The summed E-state index contributed by atoms with van der Waals surface area (Å²) in [5.41, 5.74) is 1.69. The van der Waals surface area contributed by atoms with E-state index in [1.54, 1.807) is 36.0 Å². The van der Waals surface area contributed by atoms with E-state index in [1.807, 2.05) is 42.5 Å². The van der Waals surface area contributed by atoms with Gasteiger partial charge in [-0.05, 0) is 29.8 Å². The Labute approximate surface area is 169 Å². The summed E-state index contributed by atoms with van der Waals surface area (Å²) in [6, 6.07) is 22.0. The zero-order chi connectivity index (χ0) is 20.0. The van der Waals surface area contributed by atoms with Crippen molar-refractivity contribution in [2.75, 3.05) is 18.9 Å². The van der Waals surface area contributed by atoms with Gasteiger partial charge in [0.05, 0.1) is 19.9 Å². The van der Waals surface area contributed by atoms with Crippen LogP contribution in [0.15, 0.2) is 82.6 Å². The molecule has 0 saturated carbocycles. The summed E-state index contributed by atoms with van der Waals surface area (Å²) in [7, 11) is -0.940. The number of nitrogens with one attached hydrogen (secondary N) is 1.